The van der Waals surface area contributed by atoms with Gasteiger partial charge in [-0.3, -0.25) is 0 Å². The Morgan fingerprint density at radius 1 is 0.950 bits per heavy atom. The third-order valence-corrected chi connectivity index (χ3v) is 4.94. The molecule has 2 aromatic rings. The normalized spacial score (nSPS) is 12.5. The van der Waals surface area contributed by atoms with Gasteiger partial charge < -0.3 is 5.11 Å². The molecule has 106 valence electrons. The minimum atomic E-state index is -0.558. The molecule has 2 heteroatoms. The molecule has 0 saturated carbocycles. The zero-order valence-electron chi connectivity index (χ0n) is 12.8. The van der Waals surface area contributed by atoms with Crippen LogP contribution in [0.2, 0.25) is 0 Å². The standard InChI is InChI=1S/C18H22OS/c1-11-10-12(2)14(4)17(13(11)3)18(19)15-8-6-7-9-16(15)20-5/h6-10,18-19H,1-5H3. The quantitative estimate of drug-likeness (QED) is 0.824. The predicted octanol–water partition coefficient (Wildman–Crippen LogP) is 4.72. The molecule has 0 radical (unpaired) electrons. The SMILES string of the molecule is CSc1ccccc1C(O)c1c(C)c(C)cc(C)c1C. The Kier molecular flexibility index (Phi) is 4.56. The predicted molar refractivity (Wildman–Crippen MR) is 87.7 cm³/mol. The molecule has 1 atom stereocenters. The van der Waals surface area contributed by atoms with Crippen LogP contribution in [0.5, 0.6) is 0 Å². The molecule has 0 saturated heterocycles. The summed E-state index contributed by atoms with van der Waals surface area (Å²) in [6.45, 7) is 8.42. The molecule has 0 aliphatic rings. The van der Waals surface area contributed by atoms with Gasteiger partial charge in [0.25, 0.3) is 0 Å². The summed E-state index contributed by atoms with van der Waals surface area (Å²) < 4.78 is 0. The molecule has 2 aromatic carbocycles. The van der Waals surface area contributed by atoms with Gasteiger partial charge in [0.1, 0.15) is 6.10 Å². The first-order valence-electron chi connectivity index (χ1n) is 6.85. The van der Waals surface area contributed by atoms with Crippen molar-refractivity contribution in [1.29, 1.82) is 0 Å². The van der Waals surface area contributed by atoms with Crippen LogP contribution >= 0.6 is 11.8 Å². The molecule has 0 aliphatic heterocycles. The molecule has 1 N–H and O–H groups in total. The van der Waals surface area contributed by atoms with Crippen molar-refractivity contribution in [3.63, 3.8) is 0 Å². The molecule has 0 spiro atoms. The van der Waals surface area contributed by atoms with Gasteiger partial charge in [0, 0.05) is 4.90 Å². The Morgan fingerprint density at radius 2 is 1.50 bits per heavy atom. The van der Waals surface area contributed by atoms with Crippen LogP contribution in [0.1, 0.15) is 39.5 Å². The smallest absolute Gasteiger partial charge is 0.106 e. The molecule has 2 rings (SSSR count). The average molecular weight is 286 g/mol. The number of aliphatic hydroxyl groups excluding tert-OH is 1. The van der Waals surface area contributed by atoms with Gasteiger partial charge in [0.05, 0.1) is 0 Å². The zero-order valence-corrected chi connectivity index (χ0v) is 13.6. The first kappa shape index (κ1) is 15.1. The van der Waals surface area contributed by atoms with E-state index < -0.39 is 6.10 Å². The Hall–Kier alpha value is -1.25. The minimum absolute atomic E-state index is 0.558. The second-order valence-electron chi connectivity index (χ2n) is 5.32. The van der Waals surface area contributed by atoms with Crippen LogP contribution in [-0.2, 0) is 0 Å². The topological polar surface area (TPSA) is 20.2 Å². The van der Waals surface area contributed by atoms with E-state index in [0.717, 1.165) is 16.0 Å². The highest BCUT2D eigenvalue weighted by atomic mass is 32.2. The Labute approximate surface area is 126 Å². The molecule has 0 aliphatic carbocycles. The maximum absolute atomic E-state index is 10.9. The maximum Gasteiger partial charge on any atom is 0.106 e. The Balaban J connectivity index is 2.62. The lowest BCUT2D eigenvalue weighted by Gasteiger charge is -2.22. The number of aryl methyl sites for hydroxylation is 2. The summed E-state index contributed by atoms with van der Waals surface area (Å²) >= 11 is 1.68. The fourth-order valence-corrected chi connectivity index (χ4v) is 3.34. The summed E-state index contributed by atoms with van der Waals surface area (Å²) in [6, 6.07) is 10.3. The third kappa shape index (κ3) is 2.63. The van der Waals surface area contributed by atoms with Crippen LogP contribution in [0.25, 0.3) is 0 Å². The van der Waals surface area contributed by atoms with Gasteiger partial charge in [-0.25, -0.2) is 0 Å². The van der Waals surface area contributed by atoms with Crippen molar-refractivity contribution in [3.8, 4) is 0 Å². The Morgan fingerprint density at radius 3 is 2.05 bits per heavy atom. The summed E-state index contributed by atoms with van der Waals surface area (Å²) in [5, 5.41) is 10.9. The van der Waals surface area contributed by atoms with E-state index in [0.29, 0.717) is 0 Å². The second kappa shape index (κ2) is 6.02. The van der Waals surface area contributed by atoms with Gasteiger partial charge >= 0.3 is 0 Å². The summed E-state index contributed by atoms with van der Waals surface area (Å²) in [5.74, 6) is 0. The molecule has 1 unspecified atom stereocenters. The van der Waals surface area contributed by atoms with Gasteiger partial charge in [-0.05, 0) is 73.4 Å². The van der Waals surface area contributed by atoms with Crippen molar-refractivity contribution in [2.75, 3.05) is 6.26 Å². The van der Waals surface area contributed by atoms with E-state index in [1.165, 1.54) is 22.3 Å². The van der Waals surface area contributed by atoms with E-state index in [1.54, 1.807) is 11.8 Å². The van der Waals surface area contributed by atoms with Crippen molar-refractivity contribution in [3.05, 3.63) is 63.7 Å². The monoisotopic (exact) mass is 286 g/mol. The third-order valence-electron chi connectivity index (χ3n) is 4.13. The number of aliphatic hydroxyl groups is 1. The van der Waals surface area contributed by atoms with Gasteiger partial charge in [-0.15, -0.1) is 11.8 Å². The first-order valence-corrected chi connectivity index (χ1v) is 8.08. The van der Waals surface area contributed by atoms with Crippen molar-refractivity contribution in [2.24, 2.45) is 0 Å². The molecular weight excluding hydrogens is 264 g/mol. The van der Waals surface area contributed by atoms with Crippen molar-refractivity contribution in [1.82, 2.24) is 0 Å². The van der Waals surface area contributed by atoms with Crippen LogP contribution in [0.15, 0.2) is 35.2 Å². The molecule has 0 amide bonds. The molecule has 0 bridgehead atoms. The fourth-order valence-electron chi connectivity index (χ4n) is 2.71. The van der Waals surface area contributed by atoms with Crippen LogP contribution in [0, 0.1) is 27.7 Å². The minimum Gasteiger partial charge on any atom is -0.384 e. The number of benzene rings is 2. The zero-order chi connectivity index (χ0) is 14.9. The molecule has 0 aromatic heterocycles. The lowest BCUT2D eigenvalue weighted by atomic mass is 9.88. The molecule has 0 fully saturated rings. The van der Waals surface area contributed by atoms with E-state index in [-0.39, 0.29) is 0 Å². The second-order valence-corrected chi connectivity index (χ2v) is 6.17. The van der Waals surface area contributed by atoms with Crippen LogP contribution in [0.4, 0.5) is 0 Å². The average Bonchev–Trinajstić information content (AvgIpc) is 2.45. The van der Waals surface area contributed by atoms with Gasteiger partial charge in [0.2, 0.25) is 0 Å². The van der Waals surface area contributed by atoms with Crippen molar-refractivity contribution >= 4 is 11.8 Å². The number of thioether (sulfide) groups is 1. The van der Waals surface area contributed by atoms with E-state index >= 15 is 0 Å². The molecular formula is C18H22OS. The van der Waals surface area contributed by atoms with E-state index in [9.17, 15) is 5.11 Å². The van der Waals surface area contributed by atoms with Crippen LogP contribution in [-0.4, -0.2) is 11.4 Å². The van der Waals surface area contributed by atoms with Crippen LogP contribution < -0.4 is 0 Å². The summed E-state index contributed by atoms with van der Waals surface area (Å²) in [5.41, 5.74) is 6.92. The van der Waals surface area contributed by atoms with Crippen molar-refractivity contribution in [2.45, 2.75) is 38.7 Å². The Bertz CT molecular complexity index is 605. The van der Waals surface area contributed by atoms with Gasteiger partial charge in [-0.1, -0.05) is 24.3 Å². The summed E-state index contributed by atoms with van der Waals surface area (Å²) in [4.78, 5) is 1.14. The van der Waals surface area contributed by atoms with Gasteiger partial charge in [-0.2, -0.15) is 0 Å². The molecule has 20 heavy (non-hydrogen) atoms. The lowest BCUT2D eigenvalue weighted by Crippen LogP contribution is -2.08. The number of rotatable bonds is 3. The maximum atomic E-state index is 10.9. The molecule has 1 nitrogen and oxygen atoms in total. The first-order chi connectivity index (χ1) is 9.47. The summed E-state index contributed by atoms with van der Waals surface area (Å²) in [6.07, 6.45) is 1.49. The van der Waals surface area contributed by atoms with Crippen molar-refractivity contribution < 1.29 is 5.11 Å². The number of hydrogen-bond donors (Lipinski definition) is 1. The highest BCUT2D eigenvalue weighted by molar-refractivity contribution is 7.98. The van der Waals surface area contributed by atoms with E-state index in [2.05, 4.69) is 39.8 Å². The fraction of sp³-hybridized carbons (Fsp3) is 0.333. The van der Waals surface area contributed by atoms with Crippen LogP contribution in [0.3, 0.4) is 0 Å². The lowest BCUT2D eigenvalue weighted by molar-refractivity contribution is 0.215. The largest absolute Gasteiger partial charge is 0.384 e. The highest BCUT2D eigenvalue weighted by Crippen LogP contribution is 2.35. The number of hydrogen-bond acceptors (Lipinski definition) is 2. The van der Waals surface area contributed by atoms with E-state index in [1.807, 2.05) is 24.5 Å². The van der Waals surface area contributed by atoms with Gasteiger partial charge in [0.15, 0.2) is 0 Å². The molecule has 0 heterocycles. The highest BCUT2D eigenvalue weighted by Gasteiger charge is 2.20. The van der Waals surface area contributed by atoms with E-state index in [4.69, 9.17) is 0 Å². The summed E-state index contributed by atoms with van der Waals surface area (Å²) in [7, 11) is 0.